The minimum atomic E-state index is 0.408. The molecule has 0 aliphatic carbocycles. The first-order chi connectivity index (χ1) is 9.58. The van der Waals surface area contributed by atoms with E-state index in [1.165, 1.54) is 0 Å². The van der Waals surface area contributed by atoms with Crippen molar-refractivity contribution in [3.8, 4) is 0 Å². The van der Waals surface area contributed by atoms with Gasteiger partial charge in [0.25, 0.3) is 0 Å². The summed E-state index contributed by atoms with van der Waals surface area (Å²) in [5.74, 6) is 2.24. The molecule has 1 atom stereocenters. The van der Waals surface area contributed by atoms with Gasteiger partial charge in [-0.2, -0.15) is 4.98 Å². The molecule has 1 rings (SSSR count). The van der Waals surface area contributed by atoms with Gasteiger partial charge in [0.2, 0.25) is 5.89 Å². The van der Waals surface area contributed by atoms with Gasteiger partial charge in [-0.1, -0.05) is 32.9 Å². The topological polar surface area (TPSA) is 54.2 Å². The Balaban J connectivity index is 2.45. The summed E-state index contributed by atoms with van der Waals surface area (Å²) in [5, 5.41) is 7.41. The van der Waals surface area contributed by atoms with E-state index in [9.17, 15) is 0 Å². The zero-order chi connectivity index (χ0) is 15.0. The second-order valence-electron chi connectivity index (χ2n) is 5.70. The molecule has 116 valence electrons. The maximum Gasteiger partial charge on any atom is 0.228 e. The maximum atomic E-state index is 5.36. The van der Waals surface area contributed by atoms with E-state index in [2.05, 4.69) is 48.1 Å². The lowest BCUT2D eigenvalue weighted by molar-refractivity contribution is 0.302. The van der Waals surface area contributed by atoms with Gasteiger partial charge in [-0.15, -0.1) is 0 Å². The van der Waals surface area contributed by atoms with Crippen LogP contribution in [0.15, 0.2) is 4.52 Å². The average molecular weight is 282 g/mol. The van der Waals surface area contributed by atoms with Crippen LogP contribution in [-0.2, 0) is 12.8 Å². The molecule has 0 aromatic carbocycles. The quantitative estimate of drug-likeness (QED) is 0.712. The Hall–Kier alpha value is -0.940. The zero-order valence-electron chi connectivity index (χ0n) is 13.6. The van der Waals surface area contributed by atoms with Gasteiger partial charge in [0, 0.05) is 25.4 Å². The standard InChI is InChI=1S/C15H30N4O/c1-6-19(7-2)9-8-14-17-15(20-18-14)11-13(16-5)10-12(3)4/h12-13,16H,6-11H2,1-5H3. The Morgan fingerprint density at radius 3 is 2.50 bits per heavy atom. The molecule has 0 amide bonds. The van der Waals surface area contributed by atoms with Gasteiger partial charge in [-0.05, 0) is 32.5 Å². The van der Waals surface area contributed by atoms with Crippen LogP contribution < -0.4 is 5.32 Å². The van der Waals surface area contributed by atoms with Crippen molar-refractivity contribution in [3.63, 3.8) is 0 Å². The fraction of sp³-hybridized carbons (Fsp3) is 0.867. The minimum Gasteiger partial charge on any atom is -0.339 e. The summed E-state index contributed by atoms with van der Waals surface area (Å²) in [7, 11) is 1.99. The first-order valence-electron chi connectivity index (χ1n) is 7.80. The summed E-state index contributed by atoms with van der Waals surface area (Å²) in [6.07, 6.45) is 2.79. The molecule has 0 bridgehead atoms. The van der Waals surface area contributed by atoms with E-state index < -0.39 is 0 Å². The van der Waals surface area contributed by atoms with Crippen molar-refractivity contribution in [1.29, 1.82) is 0 Å². The van der Waals surface area contributed by atoms with E-state index in [0.29, 0.717) is 12.0 Å². The molecule has 5 heteroatoms. The van der Waals surface area contributed by atoms with Crippen LogP contribution >= 0.6 is 0 Å². The Labute approximate surface area is 123 Å². The lowest BCUT2D eigenvalue weighted by Gasteiger charge is -2.16. The Morgan fingerprint density at radius 2 is 1.95 bits per heavy atom. The highest BCUT2D eigenvalue weighted by Crippen LogP contribution is 2.10. The normalized spacial score (nSPS) is 13.3. The van der Waals surface area contributed by atoms with Crippen LogP contribution in [-0.4, -0.2) is 47.8 Å². The molecular weight excluding hydrogens is 252 g/mol. The van der Waals surface area contributed by atoms with E-state index in [0.717, 1.165) is 50.6 Å². The lowest BCUT2D eigenvalue weighted by Crippen LogP contribution is -2.29. The van der Waals surface area contributed by atoms with Crippen molar-refractivity contribution in [3.05, 3.63) is 11.7 Å². The maximum absolute atomic E-state index is 5.36. The number of aromatic nitrogens is 2. The molecule has 1 aromatic rings. The van der Waals surface area contributed by atoms with Gasteiger partial charge in [0.15, 0.2) is 5.82 Å². The summed E-state index contributed by atoms with van der Waals surface area (Å²) in [6.45, 7) is 11.9. The van der Waals surface area contributed by atoms with Crippen molar-refractivity contribution >= 4 is 0 Å². The number of rotatable bonds is 10. The largest absolute Gasteiger partial charge is 0.339 e. The number of hydrogen-bond donors (Lipinski definition) is 1. The molecule has 0 saturated heterocycles. The molecule has 5 nitrogen and oxygen atoms in total. The molecule has 0 spiro atoms. The van der Waals surface area contributed by atoms with Crippen LogP contribution in [0.1, 0.15) is 45.8 Å². The van der Waals surface area contributed by atoms with E-state index in [1.54, 1.807) is 0 Å². The molecule has 0 aliphatic heterocycles. The molecule has 0 fully saturated rings. The van der Waals surface area contributed by atoms with Crippen LogP contribution in [0.4, 0.5) is 0 Å². The van der Waals surface area contributed by atoms with Crippen molar-refractivity contribution < 1.29 is 4.52 Å². The van der Waals surface area contributed by atoms with E-state index in [-0.39, 0.29) is 0 Å². The molecule has 1 N–H and O–H groups in total. The molecular formula is C15H30N4O. The number of nitrogens with zero attached hydrogens (tertiary/aromatic N) is 3. The summed E-state index contributed by atoms with van der Waals surface area (Å²) < 4.78 is 5.36. The second-order valence-corrected chi connectivity index (χ2v) is 5.70. The summed E-state index contributed by atoms with van der Waals surface area (Å²) in [4.78, 5) is 6.87. The van der Waals surface area contributed by atoms with Gasteiger partial charge in [-0.3, -0.25) is 0 Å². The molecule has 1 heterocycles. The highest BCUT2D eigenvalue weighted by atomic mass is 16.5. The average Bonchev–Trinajstić information content (AvgIpc) is 2.86. The van der Waals surface area contributed by atoms with E-state index in [4.69, 9.17) is 4.52 Å². The third kappa shape index (κ3) is 6.01. The third-order valence-corrected chi connectivity index (χ3v) is 3.64. The van der Waals surface area contributed by atoms with Crippen molar-refractivity contribution in [2.75, 3.05) is 26.7 Å². The lowest BCUT2D eigenvalue weighted by atomic mass is 10.0. The van der Waals surface area contributed by atoms with E-state index >= 15 is 0 Å². The van der Waals surface area contributed by atoms with Crippen molar-refractivity contribution in [1.82, 2.24) is 20.4 Å². The Kier molecular flexibility index (Phi) is 7.77. The van der Waals surface area contributed by atoms with Crippen LogP contribution in [0, 0.1) is 5.92 Å². The first-order valence-corrected chi connectivity index (χ1v) is 7.80. The SMILES string of the molecule is CCN(CC)CCc1noc(CC(CC(C)C)NC)n1. The minimum absolute atomic E-state index is 0.408. The van der Waals surface area contributed by atoms with Gasteiger partial charge in [0.1, 0.15) is 0 Å². The molecule has 20 heavy (non-hydrogen) atoms. The molecule has 1 aromatic heterocycles. The monoisotopic (exact) mass is 282 g/mol. The smallest absolute Gasteiger partial charge is 0.228 e. The molecule has 0 radical (unpaired) electrons. The fourth-order valence-corrected chi connectivity index (χ4v) is 2.36. The van der Waals surface area contributed by atoms with E-state index in [1.807, 2.05) is 7.05 Å². The molecule has 0 saturated carbocycles. The predicted octanol–water partition coefficient (Wildman–Crippen LogP) is 2.13. The fourth-order valence-electron chi connectivity index (χ4n) is 2.36. The Bertz CT molecular complexity index is 361. The summed E-state index contributed by atoms with van der Waals surface area (Å²) in [6, 6.07) is 0.408. The van der Waals surface area contributed by atoms with Crippen LogP contribution in [0.5, 0.6) is 0 Å². The third-order valence-electron chi connectivity index (χ3n) is 3.64. The molecule has 1 unspecified atom stereocenters. The van der Waals surface area contributed by atoms with Crippen LogP contribution in [0.25, 0.3) is 0 Å². The van der Waals surface area contributed by atoms with Crippen molar-refractivity contribution in [2.45, 2.75) is 53.0 Å². The second kappa shape index (κ2) is 9.08. The van der Waals surface area contributed by atoms with Crippen LogP contribution in [0.2, 0.25) is 0 Å². The van der Waals surface area contributed by atoms with Crippen LogP contribution in [0.3, 0.4) is 0 Å². The molecule has 0 aliphatic rings. The van der Waals surface area contributed by atoms with Gasteiger partial charge < -0.3 is 14.7 Å². The Morgan fingerprint density at radius 1 is 1.25 bits per heavy atom. The zero-order valence-corrected chi connectivity index (χ0v) is 13.6. The summed E-state index contributed by atoms with van der Waals surface area (Å²) in [5.41, 5.74) is 0. The first kappa shape index (κ1) is 17.1. The van der Waals surface area contributed by atoms with Gasteiger partial charge in [-0.25, -0.2) is 0 Å². The van der Waals surface area contributed by atoms with Gasteiger partial charge >= 0.3 is 0 Å². The highest BCUT2D eigenvalue weighted by Gasteiger charge is 2.14. The highest BCUT2D eigenvalue weighted by molar-refractivity contribution is 4.90. The summed E-state index contributed by atoms with van der Waals surface area (Å²) >= 11 is 0. The van der Waals surface area contributed by atoms with Crippen molar-refractivity contribution in [2.24, 2.45) is 5.92 Å². The number of nitrogens with one attached hydrogen (secondary N) is 1. The number of likely N-dealkylation sites (N-methyl/N-ethyl adjacent to an activating group) is 2. The van der Waals surface area contributed by atoms with Gasteiger partial charge in [0.05, 0.1) is 0 Å². The number of hydrogen-bond acceptors (Lipinski definition) is 5. The predicted molar refractivity (Wildman–Crippen MR) is 81.8 cm³/mol.